The Morgan fingerprint density at radius 1 is 1.12 bits per heavy atom. The van der Waals surface area contributed by atoms with E-state index in [4.69, 9.17) is 0 Å². The van der Waals surface area contributed by atoms with Crippen LogP contribution in [-0.4, -0.2) is 71.5 Å². The molecule has 1 N–H and O–H groups in total. The fraction of sp³-hybridized carbons (Fsp3) is 0.333. The van der Waals surface area contributed by atoms with Crippen molar-refractivity contribution in [2.45, 2.75) is 39.8 Å². The molecule has 4 aromatic rings. The van der Waals surface area contributed by atoms with Crippen LogP contribution in [0, 0.1) is 19.8 Å². The first kappa shape index (κ1) is 27.4. The first-order chi connectivity index (χ1) is 19.1. The molecule has 0 spiro atoms. The van der Waals surface area contributed by atoms with Crippen molar-refractivity contribution in [3.8, 4) is 11.3 Å². The summed E-state index contributed by atoms with van der Waals surface area (Å²) in [6.07, 6.45) is 5.01. The summed E-state index contributed by atoms with van der Waals surface area (Å²) < 4.78 is 15.6. The van der Waals surface area contributed by atoms with Crippen LogP contribution in [-0.2, 0) is 16.1 Å². The van der Waals surface area contributed by atoms with Crippen LogP contribution in [0.15, 0.2) is 41.4 Å². The van der Waals surface area contributed by atoms with E-state index < -0.39 is 30.4 Å². The zero-order valence-corrected chi connectivity index (χ0v) is 23.6. The second-order valence-electron chi connectivity index (χ2n) is 9.77. The Morgan fingerprint density at radius 3 is 2.58 bits per heavy atom. The molecule has 4 aromatic heterocycles. The van der Waals surface area contributed by atoms with Crippen LogP contribution >= 0.6 is 15.9 Å². The maximum absolute atomic E-state index is 13.7. The number of pyridine rings is 2. The molecule has 13 heteroatoms. The lowest BCUT2D eigenvalue weighted by molar-refractivity contribution is -0.137. The van der Waals surface area contributed by atoms with Crippen molar-refractivity contribution in [3.05, 3.63) is 58.5 Å². The van der Waals surface area contributed by atoms with Gasteiger partial charge in [-0.2, -0.15) is 5.10 Å². The summed E-state index contributed by atoms with van der Waals surface area (Å²) in [7, 11) is 0. The van der Waals surface area contributed by atoms with Crippen LogP contribution < -0.4 is 5.32 Å². The summed E-state index contributed by atoms with van der Waals surface area (Å²) in [5.41, 5.74) is 2.64. The Hall–Kier alpha value is -4.13. The van der Waals surface area contributed by atoms with Gasteiger partial charge in [-0.25, -0.2) is 15.0 Å². The van der Waals surface area contributed by atoms with E-state index in [0.29, 0.717) is 38.4 Å². The first-order valence-electron chi connectivity index (χ1n) is 12.6. The number of alkyl halides is 1. The van der Waals surface area contributed by atoms with Gasteiger partial charge in [0.1, 0.15) is 34.5 Å². The largest absolute Gasteiger partial charge is 0.329 e. The number of amides is 2. The standard InChI is InChI=1S/C27H26BrFN8O3/c1-14-4-5-23(28)33-26(14)34-27(40)21-6-17(8-29)12-36(21)24(39)13-37-22-11-32-20(18-9-30-16(3)31-10-18)7-19(22)25(35-37)15(2)38/h4-5,7,9-11,17,21H,6,8,12-13H2,1-3H3,(H,33,34,40). The fourth-order valence-electron chi connectivity index (χ4n) is 4.74. The molecule has 1 saturated heterocycles. The molecular formula is C27H26BrFN8O3. The number of anilines is 1. The van der Waals surface area contributed by atoms with Gasteiger partial charge in [0.05, 0.1) is 24.1 Å². The van der Waals surface area contributed by atoms with E-state index in [1.165, 1.54) is 22.7 Å². The van der Waals surface area contributed by atoms with Crippen molar-refractivity contribution in [1.82, 2.24) is 34.6 Å². The molecule has 0 aliphatic carbocycles. The number of fused-ring (bicyclic) bond motifs is 1. The number of halogens is 2. The van der Waals surface area contributed by atoms with E-state index in [9.17, 15) is 18.8 Å². The predicted octanol–water partition coefficient (Wildman–Crippen LogP) is 3.69. The first-order valence-corrected chi connectivity index (χ1v) is 13.4. The lowest BCUT2D eigenvalue weighted by Gasteiger charge is -2.24. The van der Waals surface area contributed by atoms with Crippen LogP contribution in [0.4, 0.5) is 10.2 Å². The smallest absolute Gasteiger partial charge is 0.248 e. The number of hydrogen-bond acceptors (Lipinski definition) is 8. The number of rotatable bonds is 7. The summed E-state index contributed by atoms with van der Waals surface area (Å²) in [4.78, 5) is 57.7. The third-order valence-electron chi connectivity index (χ3n) is 6.87. The lowest BCUT2D eigenvalue weighted by atomic mass is 10.1. The molecule has 40 heavy (non-hydrogen) atoms. The quantitative estimate of drug-likeness (QED) is 0.248. The minimum absolute atomic E-state index is 0.0902. The Morgan fingerprint density at radius 2 is 1.88 bits per heavy atom. The van der Waals surface area contributed by atoms with Gasteiger partial charge in [-0.05, 0) is 53.9 Å². The van der Waals surface area contributed by atoms with E-state index in [1.54, 1.807) is 44.4 Å². The summed E-state index contributed by atoms with van der Waals surface area (Å²) in [6.45, 7) is 4.16. The maximum atomic E-state index is 13.7. The summed E-state index contributed by atoms with van der Waals surface area (Å²) in [5, 5.41) is 7.71. The zero-order valence-electron chi connectivity index (χ0n) is 22.1. The number of hydrogen-bond donors (Lipinski definition) is 1. The number of aryl methyl sites for hydroxylation is 2. The minimum Gasteiger partial charge on any atom is -0.329 e. The van der Waals surface area contributed by atoms with Gasteiger partial charge in [-0.3, -0.25) is 28.4 Å². The highest BCUT2D eigenvalue weighted by Gasteiger charge is 2.40. The SMILES string of the molecule is CC(=O)c1nn(CC(=O)N2CC(CF)CC2C(=O)Nc2nc(Br)ccc2C)c2cnc(-c3cnc(C)nc3)cc12. The molecule has 0 saturated carbocycles. The zero-order chi connectivity index (χ0) is 28.6. The molecule has 0 radical (unpaired) electrons. The molecule has 0 bridgehead atoms. The molecule has 2 unspecified atom stereocenters. The van der Waals surface area contributed by atoms with E-state index in [-0.39, 0.29) is 31.0 Å². The maximum Gasteiger partial charge on any atom is 0.248 e. The second kappa shape index (κ2) is 11.2. The van der Waals surface area contributed by atoms with E-state index in [0.717, 1.165) is 5.56 Å². The molecule has 1 aliphatic rings. The Bertz CT molecular complexity index is 1620. The minimum atomic E-state index is -0.881. The van der Waals surface area contributed by atoms with Crippen LogP contribution in [0.3, 0.4) is 0 Å². The van der Waals surface area contributed by atoms with Gasteiger partial charge in [0, 0.05) is 42.7 Å². The van der Waals surface area contributed by atoms with E-state index >= 15 is 0 Å². The van der Waals surface area contributed by atoms with Gasteiger partial charge in [-0.1, -0.05) is 6.07 Å². The highest BCUT2D eigenvalue weighted by Crippen LogP contribution is 2.28. The molecule has 0 aromatic carbocycles. The molecular weight excluding hydrogens is 583 g/mol. The Balaban J connectivity index is 1.42. The second-order valence-corrected chi connectivity index (χ2v) is 10.6. The van der Waals surface area contributed by atoms with Crippen molar-refractivity contribution in [3.63, 3.8) is 0 Å². The van der Waals surface area contributed by atoms with Crippen molar-refractivity contribution >= 4 is 50.2 Å². The van der Waals surface area contributed by atoms with Gasteiger partial charge in [0.25, 0.3) is 0 Å². The molecule has 206 valence electrons. The van der Waals surface area contributed by atoms with E-state index in [2.05, 4.69) is 46.3 Å². The van der Waals surface area contributed by atoms with Crippen molar-refractivity contribution < 1.29 is 18.8 Å². The lowest BCUT2D eigenvalue weighted by Crippen LogP contribution is -2.44. The third kappa shape index (κ3) is 5.46. The highest BCUT2D eigenvalue weighted by molar-refractivity contribution is 9.10. The van der Waals surface area contributed by atoms with Crippen molar-refractivity contribution in [2.75, 3.05) is 18.5 Å². The van der Waals surface area contributed by atoms with Crippen molar-refractivity contribution in [2.24, 2.45) is 5.92 Å². The predicted molar refractivity (Wildman–Crippen MR) is 148 cm³/mol. The van der Waals surface area contributed by atoms with Gasteiger partial charge < -0.3 is 10.2 Å². The van der Waals surface area contributed by atoms with Crippen LogP contribution in [0.2, 0.25) is 0 Å². The monoisotopic (exact) mass is 608 g/mol. The number of likely N-dealkylation sites (tertiary alicyclic amines) is 1. The van der Waals surface area contributed by atoms with Gasteiger partial charge in [0.2, 0.25) is 11.8 Å². The molecule has 5 heterocycles. The molecule has 2 atom stereocenters. The number of nitrogens with one attached hydrogen (secondary N) is 1. The summed E-state index contributed by atoms with van der Waals surface area (Å²) >= 11 is 3.29. The molecule has 1 fully saturated rings. The molecule has 1 aliphatic heterocycles. The van der Waals surface area contributed by atoms with Crippen LogP contribution in [0.25, 0.3) is 22.2 Å². The molecule has 11 nitrogen and oxygen atoms in total. The number of carbonyl (C=O) groups is 3. The van der Waals surface area contributed by atoms with Gasteiger partial charge in [-0.15, -0.1) is 0 Å². The summed E-state index contributed by atoms with van der Waals surface area (Å²) in [5.74, 6) is -0.640. The number of aromatic nitrogens is 6. The topological polar surface area (TPSA) is 136 Å². The average Bonchev–Trinajstić information content (AvgIpc) is 3.53. The van der Waals surface area contributed by atoms with Crippen LogP contribution in [0.1, 0.15) is 35.2 Å². The number of carbonyl (C=O) groups excluding carboxylic acids is 3. The molecule has 5 rings (SSSR count). The summed E-state index contributed by atoms with van der Waals surface area (Å²) in [6, 6.07) is 4.39. The Kier molecular flexibility index (Phi) is 7.66. The van der Waals surface area contributed by atoms with Gasteiger partial charge in [0.15, 0.2) is 5.78 Å². The van der Waals surface area contributed by atoms with Crippen molar-refractivity contribution in [1.29, 1.82) is 0 Å². The highest BCUT2D eigenvalue weighted by atomic mass is 79.9. The fourth-order valence-corrected chi connectivity index (χ4v) is 5.05. The van der Waals surface area contributed by atoms with Crippen LogP contribution in [0.5, 0.6) is 0 Å². The molecule has 2 amide bonds. The Labute approximate surface area is 237 Å². The third-order valence-corrected chi connectivity index (χ3v) is 7.31. The number of nitrogens with zero attached hydrogens (tertiary/aromatic N) is 7. The average molecular weight is 609 g/mol. The number of Topliss-reactive ketones (excluding diaryl/α,β-unsaturated/α-hetero) is 1. The normalized spacial score (nSPS) is 16.9. The van der Waals surface area contributed by atoms with Gasteiger partial charge >= 0.3 is 0 Å². The number of ketones is 1. The van der Waals surface area contributed by atoms with E-state index in [1.807, 2.05) is 0 Å².